The summed E-state index contributed by atoms with van der Waals surface area (Å²) in [6, 6.07) is 10.7. The van der Waals surface area contributed by atoms with Crippen LogP contribution in [-0.4, -0.2) is 22.2 Å². The number of hydrogen-bond acceptors (Lipinski definition) is 5. The van der Waals surface area contributed by atoms with Crippen LogP contribution in [0.25, 0.3) is 0 Å². The lowest BCUT2D eigenvalue weighted by Gasteiger charge is -2.14. The minimum Gasteiger partial charge on any atom is -0.287 e. The molecule has 1 aliphatic rings. The van der Waals surface area contributed by atoms with Gasteiger partial charge in [-0.15, -0.1) is 0 Å². The van der Waals surface area contributed by atoms with Gasteiger partial charge in [0.05, 0.1) is 11.3 Å². The maximum Gasteiger partial charge on any atom is 0.212 e. The zero-order valence-electron chi connectivity index (χ0n) is 10.3. The Morgan fingerprint density at radius 1 is 1.25 bits per heavy atom. The van der Waals surface area contributed by atoms with Gasteiger partial charge in [0.2, 0.25) is 5.78 Å². The fraction of sp³-hybridized carbons (Fsp3) is 0.0714. The molecule has 2 aromatic rings. The normalized spacial score (nSPS) is 16.1. The zero-order valence-corrected chi connectivity index (χ0v) is 11.9. The van der Waals surface area contributed by atoms with E-state index < -0.39 is 0 Å². The molecule has 0 radical (unpaired) electrons. The smallest absolute Gasteiger partial charge is 0.212 e. The van der Waals surface area contributed by atoms with Crippen LogP contribution in [0.5, 0.6) is 0 Å². The first kappa shape index (κ1) is 13.1. The molecular formula is C14H10ClN3OS. The number of ketones is 1. The quantitative estimate of drug-likeness (QED) is 0.863. The molecule has 0 spiro atoms. The lowest BCUT2D eigenvalue weighted by Crippen LogP contribution is -2.23. The summed E-state index contributed by atoms with van der Waals surface area (Å²) in [4.78, 5) is 16.4. The van der Waals surface area contributed by atoms with Crippen LogP contribution < -0.4 is 5.43 Å². The summed E-state index contributed by atoms with van der Waals surface area (Å²) in [6.07, 6.45) is 1.69. The van der Waals surface area contributed by atoms with Crippen molar-refractivity contribution in [3.8, 4) is 0 Å². The molecular weight excluding hydrogens is 294 g/mol. The number of fused-ring (bicyclic) bond motifs is 1. The standard InChI is InChI=1S/C14H10ClN3OS/c15-9-3-5-10(6-4-9)17-18-12-8-20-14-11(13(12)19)2-1-7-16-14/h1-7,17H,8H2/b18-12+. The van der Waals surface area contributed by atoms with Crippen molar-refractivity contribution in [2.24, 2.45) is 5.10 Å². The van der Waals surface area contributed by atoms with E-state index in [1.165, 1.54) is 11.8 Å². The molecule has 0 saturated heterocycles. The molecule has 1 N–H and O–H groups in total. The molecule has 1 aromatic heterocycles. The number of hydrazone groups is 1. The van der Waals surface area contributed by atoms with Crippen LogP contribution >= 0.6 is 23.4 Å². The first-order valence-electron chi connectivity index (χ1n) is 5.95. The van der Waals surface area contributed by atoms with E-state index in [-0.39, 0.29) is 5.78 Å². The molecule has 0 bridgehead atoms. The van der Waals surface area contributed by atoms with E-state index in [4.69, 9.17) is 11.6 Å². The highest BCUT2D eigenvalue weighted by Gasteiger charge is 2.24. The summed E-state index contributed by atoms with van der Waals surface area (Å²) in [5.74, 6) is 0.442. The summed E-state index contributed by atoms with van der Waals surface area (Å²) >= 11 is 7.33. The fourth-order valence-electron chi connectivity index (χ4n) is 1.78. The van der Waals surface area contributed by atoms with E-state index in [1.807, 2.05) is 12.1 Å². The van der Waals surface area contributed by atoms with Crippen LogP contribution in [0.3, 0.4) is 0 Å². The molecule has 0 amide bonds. The Hall–Kier alpha value is -1.85. The van der Waals surface area contributed by atoms with E-state index in [0.717, 1.165) is 10.7 Å². The van der Waals surface area contributed by atoms with Gasteiger partial charge in [-0.2, -0.15) is 5.10 Å². The largest absolute Gasteiger partial charge is 0.287 e. The molecule has 3 rings (SSSR count). The molecule has 4 nitrogen and oxygen atoms in total. The van der Waals surface area contributed by atoms with Crippen molar-refractivity contribution in [2.45, 2.75) is 5.03 Å². The Balaban J connectivity index is 1.80. The second kappa shape index (κ2) is 5.64. The lowest BCUT2D eigenvalue weighted by molar-refractivity contribution is 0.106. The molecule has 100 valence electrons. The maximum atomic E-state index is 12.2. The molecule has 0 unspecified atom stereocenters. The van der Waals surface area contributed by atoms with Gasteiger partial charge in [0.25, 0.3) is 0 Å². The highest BCUT2D eigenvalue weighted by Crippen LogP contribution is 2.26. The number of benzene rings is 1. The number of halogens is 1. The predicted molar refractivity (Wildman–Crippen MR) is 81.8 cm³/mol. The van der Waals surface area contributed by atoms with Gasteiger partial charge in [0.1, 0.15) is 10.7 Å². The van der Waals surface area contributed by atoms with Gasteiger partial charge in [-0.3, -0.25) is 10.2 Å². The lowest BCUT2D eigenvalue weighted by atomic mass is 10.1. The minimum atomic E-state index is -0.0756. The highest BCUT2D eigenvalue weighted by atomic mass is 35.5. The number of anilines is 1. The summed E-state index contributed by atoms with van der Waals surface area (Å²) in [6.45, 7) is 0. The van der Waals surface area contributed by atoms with Gasteiger partial charge < -0.3 is 0 Å². The Morgan fingerprint density at radius 3 is 2.85 bits per heavy atom. The van der Waals surface area contributed by atoms with Crippen molar-refractivity contribution < 1.29 is 4.79 Å². The van der Waals surface area contributed by atoms with Crippen molar-refractivity contribution in [3.63, 3.8) is 0 Å². The molecule has 6 heteroatoms. The van der Waals surface area contributed by atoms with Crippen molar-refractivity contribution >= 4 is 40.5 Å². The van der Waals surface area contributed by atoms with Crippen LogP contribution in [-0.2, 0) is 0 Å². The third kappa shape index (κ3) is 2.69. The predicted octanol–water partition coefficient (Wildman–Crippen LogP) is 3.49. The maximum absolute atomic E-state index is 12.2. The van der Waals surface area contributed by atoms with Gasteiger partial charge in [-0.05, 0) is 36.4 Å². The third-order valence-electron chi connectivity index (χ3n) is 2.79. The Kier molecular flexibility index (Phi) is 3.71. The fourth-order valence-corrected chi connectivity index (χ4v) is 2.82. The van der Waals surface area contributed by atoms with Gasteiger partial charge >= 0.3 is 0 Å². The Morgan fingerprint density at radius 2 is 2.05 bits per heavy atom. The van der Waals surface area contributed by atoms with Crippen molar-refractivity contribution in [1.29, 1.82) is 0 Å². The number of Topliss-reactive ketones (excluding diaryl/α,β-unsaturated/α-hetero) is 1. The molecule has 2 heterocycles. The molecule has 0 aliphatic carbocycles. The van der Waals surface area contributed by atoms with E-state index in [9.17, 15) is 4.79 Å². The van der Waals surface area contributed by atoms with E-state index in [0.29, 0.717) is 22.1 Å². The SMILES string of the molecule is O=C1/C(=N/Nc2ccc(Cl)cc2)CSc2ncccc21. The molecule has 1 aromatic carbocycles. The number of carbonyl (C=O) groups excluding carboxylic acids is 1. The van der Waals surface area contributed by atoms with E-state index in [2.05, 4.69) is 15.5 Å². The first-order chi connectivity index (χ1) is 9.74. The average molecular weight is 304 g/mol. The van der Waals surface area contributed by atoms with Gasteiger partial charge in [0.15, 0.2) is 0 Å². The Labute approximate surface area is 125 Å². The monoisotopic (exact) mass is 303 g/mol. The Bertz CT molecular complexity index is 685. The van der Waals surface area contributed by atoms with Crippen LogP contribution in [0.2, 0.25) is 5.02 Å². The number of hydrogen-bond donors (Lipinski definition) is 1. The number of nitrogens with one attached hydrogen (secondary N) is 1. The number of thioether (sulfide) groups is 1. The van der Waals surface area contributed by atoms with Gasteiger partial charge in [-0.1, -0.05) is 23.4 Å². The van der Waals surface area contributed by atoms with Gasteiger partial charge in [-0.25, -0.2) is 4.98 Å². The van der Waals surface area contributed by atoms with Crippen LogP contribution in [0.15, 0.2) is 52.7 Å². The molecule has 0 atom stereocenters. The summed E-state index contributed by atoms with van der Waals surface area (Å²) in [5.41, 5.74) is 4.77. The second-order valence-electron chi connectivity index (χ2n) is 4.15. The summed E-state index contributed by atoms with van der Waals surface area (Å²) in [7, 11) is 0. The first-order valence-corrected chi connectivity index (χ1v) is 7.31. The topological polar surface area (TPSA) is 54.4 Å². The zero-order chi connectivity index (χ0) is 13.9. The van der Waals surface area contributed by atoms with Crippen molar-refractivity contribution in [3.05, 3.63) is 53.2 Å². The van der Waals surface area contributed by atoms with Crippen molar-refractivity contribution in [2.75, 3.05) is 11.2 Å². The molecule has 0 fully saturated rings. The summed E-state index contributed by atoms with van der Waals surface area (Å²) in [5, 5.41) is 5.61. The second-order valence-corrected chi connectivity index (χ2v) is 5.55. The number of pyridine rings is 1. The minimum absolute atomic E-state index is 0.0756. The number of aromatic nitrogens is 1. The molecule has 1 aliphatic heterocycles. The van der Waals surface area contributed by atoms with E-state index in [1.54, 1.807) is 30.5 Å². The number of carbonyl (C=O) groups is 1. The molecule has 20 heavy (non-hydrogen) atoms. The van der Waals surface area contributed by atoms with E-state index >= 15 is 0 Å². The average Bonchev–Trinajstić information content (AvgIpc) is 2.49. The van der Waals surface area contributed by atoms with Crippen LogP contribution in [0, 0.1) is 0 Å². The number of nitrogens with zero attached hydrogens (tertiary/aromatic N) is 2. The molecule has 0 saturated carbocycles. The third-order valence-corrected chi connectivity index (χ3v) is 4.06. The highest BCUT2D eigenvalue weighted by molar-refractivity contribution is 8.00. The van der Waals surface area contributed by atoms with Crippen LogP contribution in [0.4, 0.5) is 5.69 Å². The van der Waals surface area contributed by atoms with Crippen LogP contribution in [0.1, 0.15) is 10.4 Å². The number of rotatable bonds is 2. The van der Waals surface area contributed by atoms with Gasteiger partial charge in [0, 0.05) is 17.0 Å². The van der Waals surface area contributed by atoms with Crippen molar-refractivity contribution in [1.82, 2.24) is 4.98 Å². The summed E-state index contributed by atoms with van der Waals surface area (Å²) < 4.78 is 0.